The van der Waals surface area contributed by atoms with Gasteiger partial charge in [-0.2, -0.15) is 0 Å². The van der Waals surface area contributed by atoms with Crippen molar-refractivity contribution in [3.05, 3.63) is 0 Å². The topological polar surface area (TPSA) is 21.3 Å². The van der Waals surface area contributed by atoms with E-state index in [0.29, 0.717) is 0 Å². The molecule has 0 aromatic carbocycles. The quantitative estimate of drug-likeness (QED) is 0.546. The van der Waals surface area contributed by atoms with Gasteiger partial charge >= 0.3 is 0 Å². The van der Waals surface area contributed by atoms with Gasteiger partial charge in [-0.1, -0.05) is 39.0 Å². The molecule has 1 saturated carbocycles. The summed E-state index contributed by atoms with van der Waals surface area (Å²) in [6, 6.07) is 0. The maximum absolute atomic E-state index is 5.65. The van der Waals surface area contributed by atoms with Gasteiger partial charge in [-0.15, -0.1) is 0 Å². The van der Waals surface area contributed by atoms with E-state index in [1.807, 2.05) is 0 Å². The molecule has 2 heteroatoms. The van der Waals surface area contributed by atoms with Crippen molar-refractivity contribution >= 4 is 0 Å². The molecule has 2 nitrogen and oxygen atoms in total. The van der Waals surface area contributed by atoms with E-state index in [9.17, 15) is 0 Å². The zero-order valence-electron chi connectivity index (χ0n) is 11.0. The van der Waals surface area contributed by atoms with Crippen molar-refractivity contribution in [2.24, 2.45) is 5.92 Å². The standard InChI is InChI=1S/C14H29NO/c1-2-15-11-5-3-4-6-12-16-13-10-14-8-7-9-14/h14-15H,2-13H2,1H3. The Morgan fingerprint density at radius 1 is 1.06 bits per heavy atom. The van der Waals surface area contributed by atoms with Crippen LogP contribution in [0.25, 0.3) is 0 Å². The number of unbranched alkanes of at least 4 members (excludes halogenated alkanes) is 3. The Hall–Kier alpha value is -0.0800. The lowest BCUT2D eigenvalue weighted by molar-refractivity contribution is 0.103. The van der Waals surface area contributed by atoms with Crippen LogP contribution in [0.2, 0.25) is 0 Å². The molecule has 0 radical (unpaired) electrons. The van der Waals surface area contributed by atoms with Crippen LogP contribution in [-0.4, -0.2) is 26.3 Å². The first kappa shape index (κ1) is 14.0. The molecular formula is C14H29NO. The van der Waals surface area contributed by atoms with E-state index in [1.165, 1.54) is 57.9 Å². The van der Waals surface area contributed by atoms with E-state index < -0.39 is 0 Å². The second-order valence-electron chi connectivity index (χ2n) is 4.97. The summed E-state index contributed by atoms with van der Waals surface area (Å²) < 4.78 is 5.65. The number of hydrogen-bond donors (Lipinski definition) is 1. The summed E-state index contributed by atoms with van der Waals surface area (Å²) in [5.74, 6) is 1.00. The third kappa shape index (κ3) is 7.24. The van der Waals surface area contributed by atoms with E-state index in [-0.39, 0.29) is 0 Å². The highest BCUT2D eigenvalue weighted by Crippen LogP contribution is 2.29. The van der Waals surface area contributed by atoms with Crippen LogP contribution in [0.4, 0.5) is 0 Å². The molecule has 1 N–H and O–H groups in total. The average molecular weight is 227 g/mol. The minimum atomic E-state index is 0.980. The zero-order valence-corrected chi connectivity index (χ0v) is 11.0. The summed E-state index contributed by atoms with van der Waals surface area (Å²) >= 11 is 0. The molecule has 0 spiro atoms. The molecule has 0 atom stereocenters. The van der Waals surface area contributed by atoms with Crippen molar-refractivity contribution in [2.75, 3.05) is 26.3 Å². The summed E-state index contributed by atoms with van der Waals surface area (Å²) in [4.78, 5) is 0. The second-order valence-corrected chi connectivity index (χ2v) is 4.97. The molecule has 0 bridgehead atoms. The molecule has 1 fully saturated rings. The van der Waals surface area contributed by atoms with Gasteiger partial charge in [-0.05, 0) is 38.3 Å². The van der Waals surface area contributed by atoms with Crippen LogP contribution >= 0.6 is 0 Å². The average Bonchev–Trinajstić information content (AvgIpc) is 2.23. The van der Waals surface area contributed by atoms with Crippen molar-refractivity contribution in [1.29, 1.82) is 0 Å². The molecule has 0 unspecified atom stereocenters. The Labute approximate surface area is 101 Å². The Morgan fingerprint density at radius 3 is 2.56 bits per heavy atom. The van der Waals surface area contributed by atoms with Crippen LogP contribution in [0.1, 0.15) is 58.3 Å². The number of hydrogen-bond acceptors (Lipinski definition) is 2. The van der Waals surface area contributed by atoms with Crippen LogP contribution in [0.15, 0.2) is 0 Å². The summed E-state index contributed by atoms with van der Waals surface area (Å²) in [7, 11) is 0. The van der Waals surface area contributed by atoms with Gasteiger partial charge in [0.1, 0.15) is 0 Å². The van der Waals surface area contributed by atoms with Gasteiger partial charge in [0.25, 0.3) is 0 Å². The van der Waals surface area contributed by atoms with Crippen LogP contribution in [0.3, 0.4) is 0 Å². The molecular weight excluding hydrogens is 198 g/mol. The van der Waals surface area contributed by atoms with Crippen molar-refractivity contribution in [3.63, 3.8) is 0 Å². The molecule has 0 aliphatic heterocycles. The van der Waals surface area contributed by atoms with Gasteiger partial charge in [-0.3, -0.25) is 0 Å². The molecule has 0 aromatic heterocycles. The maximum Gasteiger partial charge on any atom is 0.0468 e. The molecule has 0 saturated heterocycles. The van der Waals surface area contributed by atoms with E-state index >= 15 is 0 Å². The monoisotopic (exact) mass is 227 g/mol. The first-order valence-electron chi connectivity index (χ1n) is 7.22. The van der Waals surface area contributed by atoms with Gasteiger partial charge in [0.15, 0.2) is 0 Å². The molecule has 1 rings (SSSR count). The Balaban J connectivity index is 1.65. The predicted octanol–water partition coefficient (Wildman–Crippen LogP) is 3.36. The minimum Gasteiger partial charge on any atom is -0.381 e. The Kier molecular flexibility index (Phi) is 8.83. The smallest absolute Gasteiger partial charge is 0.0468 e. The summed E-state index contributed by atoms with van der Waals surface area (Å²) in [5, 5.41) is 3.35. The highest BCUT2D eigenvalue weighted by Gasteiger charge is 2.16. The SMILES string of the molecule is CCNCCCCCCOCCC1CCC1. The van der Waals surface area contributed by atoms with Gasteiger partial charge in [0.2, 0.25) is 0 Å². The van der Waals surface area contributed by atoms with E-state index in [4.69, 9.17) is 4.74 Å². The highest BCUT2D eigenvalue weighted by molar-refractivity contribution is 4.68. The number of ether oxygens (including phenoxy) is 1. The summed E-state index contributed by atoms with van der Waals surface area (Å²) in [6.45, 7) is 6.43. The van der Waals surface area contributed by atoms with E-state index in [2.05, 4.69) is 12.2 Å². The summed E-state index contributed by atoms with van der Waals surface area (Å²) in [5.41, 5.74) is 0. The fourth-order valence-corrected chi connectivity index (χ4v) is 2.12. The second kappa shape index (κ2) is 10.1. The molecule has 0 amide bonds. The normalized spacial score (nSPS) is 16.3. The largest absolute Gasteiger partial charge is 0.381 e. The molecule has 96 valence electrons. The summed E-state index contributed by atoms with van der Waals surface area (Å²) in [6.07, 6.45) is 10.9. The fraction of sp³-hybridized carbons (Fsp3) is 1.00. The number of nitrogens with one attached hydrogen (secondary N) is 1. The highest BCUT2D eigenvalue weighted by atomic mass is 16.5. The maximum atomic E-state index is 5.65. The molecule has 1 aliphatic rings. The van der Waals surface area contributed by atoms with Crippen molar-refractivity contribution in [2.45, 2.75) is 58.3 Å². The molecule has 16 heavy (non-hydrogen) atoms. The van der Waals surface area contributed by atoms with Crippen LogP contribution < -0.4 is 5.32 Å². The minimum absolute atomic E-state index is 0.980. The molecule has 0 aromatic rings. The van der Waals surface area contributed by atoms with Crippen LogP contribution in [0.5, 0.6) is 0 Å². The van der Waals surface area contributed by atoms with Gasteiger partial charge < -0.3 is 10.1 Å². The van der Waals surface area contributed by atoms with Crippen molar-refractivity contribution < 1.29 is 4.74 Å². The Bertz CT molecular complexity index is 146. The lowest BCUT2D eigenvalue weighted by atomic mass is 9.83. The molecule has 1 aliphatic carbocycles. The predicted molar refractivity (Wildman–Crippen MR) is 69.8 cm³/mol. The first-order valence-corrected chi connectivity index (χ1v) is 7.22. The Morgan fingerprint density at radius 2 is 1.88 bits per heavy atom. The van der Waals surface area contributed by atoms with Gasteiger partial charge in [-0.25, -0.2) is 0 Å². The lowest BCUT2D eigenvalue weighted by Crippen LogP contribution is -2.14. The number of rotatable bonds is 11. The van der Waals surface area contributed by atoms with Crippen molar-refractivity contribution in [3.8, 4) is 0 Å². The first-order chi connectivity index (χ1) is 7.93. The van der Waals surface area contributed by atoms with Crippen LogP contribution in [0, 0.1) is 5.92 Å². The van der Waals surface area contributed by atoms with Gasteiger partial charge in [0.05, 0.1) is 0 Å². The van der Waals surface area contributed by atoms with Crippen LogP contribution in [-0.2, 0) is 4.74 Å². The third-order valence-electron chi connectivity index (χ3n) is 3.54. The van der Waals surface area contributed by atoms with E-state index in [1.54, 1.807) is 0 Å². The zero-order chi connectivity index (χ0) is 11.5. The van der Waals surface area contributed by atoms with Gasteiger partial charge in [0, 0.05) is 13.2 Å². The third-order valence-corrected chi connectivity index (χ3v) is 3.54. The lowest BCUT2D eigenvalue weighted by Gasteiger charge is -2.24. The van der Waals surface area contributed by atoms with E-state index in [0.717, 1.165) is 25.7 Å². The molecule has 0 heterocycles. The van der Waals surface area contributed by atoms with Crippen molar-refractivity contribution in [1.82, 2.24) is 5.32 Å². The fourth-order valence-electron chi connectivity index (χ4n) is 2.12.